The number of aromatic nitrogens is 1. The summed E-state index contributed by atoms with van der Waals surface area (Å²) in [5.41, 5.74) is 1.82. The third kappa shape index (κ3) is 3.80. The van der Waals surface area contributed by atoms with Gasteiger partial charge in [0.2, 0.25) is 0 Å². The number of nitrogens with one attached hydrogen (secondary N) is 1. The van der Waals surface area contributed by atoms with Gasteiger partial charge in [0.25, 0.3) is 5.91 Å². The summed E-state index contributed by atoms with van der Waals surface area (Å²) in [7, 11) is 0. The molecule has 1 aromatic heterocycles. The Morgan fingerprint density at radius 3 is 2.70 bits per heavy atom. The van der Waals surface area contributed by atoms with Crippen LogP contribution in [0, 0.1) is 0 Å². The summed E-state index contributed by atoms with van der Waals surface area (Å²) in [6, 6.07) is 9.46. The van der Waals surface area contributed by atoms with Crippen LogP contribution in [-0.4, -0.2) is 30.6 Å². The lowest BCUT2D eigenvalue weighted by Crippen LogP contribution is -2.25. The van der Waals surface area contributed by atoms with E-state index in [2.05, 4.69) is 23.3 Å². The summed E-state index contributed by atoms with van der Waals surface area (Å²) in [5, 5.41) is 2.94. The molecular formula is C18H20N2O3. The summed E-state index contributed by atoms with van der Waals surface area (Å²) in [6.07, 6.45) is 4.09. The molecule has 23 heavy (non-hydrogen) atoms. The maximum Gasteiger partial charge on any atom is 0.251 e. The van der Waals surface area contributed by atoms with Gasteiger partial charge in [0.1, 0.15) is 13.2 Å². The van der Waals surface area contributed by atoms with E-state index < -0.39 is 0 Å². The van der Waals surface area contributed by atoms with Gasteiger partial charge in [-0.25, -0.2) is 0 Å². The van der Waals surface area contributed by atoms with E-state index in [-0.39, 0.29) is 5.91 Å². The topological polar surface area (TPSA) is 60.5 Å². The van der Waals surface area contributed by atoms with Gasteiger partial charge >= 0.3 is 0 Å². The van der Waals surface area contributed by atoms with Crippen molar-refractivity contribution < 1.29 is 14.3 Å². The smallest absolute Gasteiger partial charge is 0.251 e. The summed E-state index contributed by atoms with van der Waals surface area (Å²) in [6.45, 7) is 3.95. The maximum atomic E-state index is 12.0. The first-order valence-electron chi connectivity index (χ1n) is 7.82. The standard InChI is InChI=1S/C18H20N2O3/c1-13(4-9-20-18(21)14-5-7-19-8-6-14)15-2-3-16-17(12-15)23-11-10-22-16/h2-3,5-8,12-13H,4,9-11H2,1H3,(H,20,21). The summed E-state index contributed by atoms with van der Waals surface area (Å²) < 4.78 is 11.1. The molecular weight excluding hydrogens is 292 g/mol. The molecule has 0 radical (unpaired) electrons. The van der Waals surface area contributed by atoms with Crippen molar-refractivity contribution in [2.45, 2.75) is 19.3 Å². The normalized spacial score (nSPS) is 14.1. The Balaban J connectivity index is 1.53. The molecule has 0 saturated carbocycles. The fourth-order valence-electron chi connectivity index (χ4n) is 2.54. The molecule has 2 heterocycles. The van der Waals surface area contributed by atoms with Crippen LogP contribution in [0.1, 0.15) is 35.2 Å². The highest BCUT2D eigenvalue weighted by molar-refractivity contribution is 5.93. The highest BCUT2D eigenvalue weighted by atomic mass is 16.6. The molecule has 1 aromatic carbocycles. The lowest BCUT2D eigenvalue weighted by molar-refractivity contribution is 0.0952. The largest absolute Gasteiger partial charge is 0.486 e. The van der Waals surface area contributed by atoms with Crippen LogP contribution in [-0.2, 0) is 0 Å². The van der Waals surface area contributed by atoms with Crippen molar-refractivity contribution in [1.82, 2.24) is 10.3 Å². The number of carbonyl (C=O) groups is 1. The van der Waals surface area contributed by atoms with Gasteiger partial charge in [0, 0.05) is 24.5 Å². The van der Waals surface area contributed by atoms with E-state index in [4.69, 9.17) is 9.47 Å². The van der Waals surface area contributed by atoms with Crippen molar-refractivity contribution in [3.8, 4) is 11.5 Å². The van der Waals surface area contributed by atoms with Gasteiger partial charge in [0.05, 0.1) is 0 Å². The molecule has 5 heteroatoms. The van der Waals surface area contributed by atoms with Gasteiger partial charge in [-0.3, -0.25) is 9.78 Å². The van der Waals surface area contributed by atoms with E-state index in [0.717, 1.165) is 17.9 Å². The second-order valence-electron chi connectivity index (χ2n) is 5.58. The molecule has 120 valence electrons. The fourth-order valence-corrected chi connectivity index (χ4v) is 2.54. The minimum Gasteiger partial charge on any atom is -0.486 e. The number of benzene rings is 1. The van der Waals surface area contributed by atoms with Gasteiger partial charge in [-0.1, -0.05) is 13.0 Å². The number of hydrogen-bond donors (Lipinski definition) is 1. The Morgan fingerprint density at radius 1 is 1.17 bits per heavy atom. The van der Waals surface area contributed by atoms with Crippen LogP contribution >= 0.6 is 0 Å². The zero-order chi connectivity index (χ0) is 16.1. The first-order chi connectivity index (χ1) is 11.2. The molecule has 3 rings (SSSR count). The van der Waals surface area contributed by atoms with E-state index in [1.165, 1.54) is 5.56 Å². The molecule has 2 aromatic rings. The van der Waals surface area contributed by atoms with Gasteiger partial charge in [-0.05, 0) is 42.2 Å². The Kier molecular flexibility index (Phi) is 4.76. The number of nitrogens with zero attached hydrogens (tertiary/aromatic N) is 1. The lowest BCUT2D eigenvalue weighted by Gasteiger charge is -2.20. The van der Waals surface area contributed by atoms with Gasteiger partial charge in [0.15, 0.2) is 11.5 Å². The zero-order valence-electron chi connectivity index (χ0n) is 13.1. The van der Waals surface area contributed by atoms with E-state index in [9.17, 15) is 4.79 Å². The third-order valence-corrected chi connectivity index (χ3v) is 3.94. The predicted octanol–water partition coefficient (Wildman–Crippen LogP) is 2.78. The van der Waals surface area contributed by atoms with E-state index in [1.807, 2.05) is 12.1 Å². The van der Waals surface area contributed by atoms with Crippen LogP contribution in [0.15, 0.2) is 42.7 Å². The molecule has 0 saturated heterocycles. The van der Waals surface area contributed by atoms with Crippen molar-refractivity contribution in [2.75, 3.05) is 19.8 Å². The first-order valence-corrected chi connectivity index (χ1v) is 7.82. The van der Waals surface area contributed by atoms with Crippen molar-refractivity contribution in [2.24, 2.45) is 0 Å². The Labute approximate surface area is 135 Å². The van der Waals surface area contributed by atoms with Crippen LogP contribution in [0.5, 0.6) is 11.5 Å². The van der Waals surface area contributed by atoms with Crippen molar-refractivity contribution in [3.63, 3.8) is 0 Å². The molecule has 1 atom stereocenters. The zero-order valence-corrected chi connectivity index (χ0v) is 13.1. The van der Waals surface area contributed by atoms with Crippen LogP contribution in [0.3, 0.4) is 0 Å². The van der Waals surface area contributed by atoms with E-state index in [0.29, 0.717) is 31.2 Å². The molecule has 1 aliphatic heterocycles. The summed E-state index contributed by atoms with van der Waals surface area (Å²) >= 11 is 0. The van der Waals surface area contributed by atoms with Crippen molar-refractivity contribution >= 4 is 5.91 Å². The minimum atomic E-state index is -0.0678. The second kappa shape index (κ2) is 7.13. The fraction of sp³-hybridized carbons (Fsp3) is 0.333. The number of hydrogen-bond acceptors (Lipinski definition) is 4. The third-order valence-electron chi connectivity index (χ3n) is 3.94. The van der Waals surface area contributed by atoms with E-state index >= 15 is 0 Å². The Morgan fingerprint density at radius 2 is 1.91 bits per heavy atom. The quantitative estimate of drug-likeness (QED) is 0.922. The van der Waals surface area contributed by atoms with Crippen LogP contribution in [0.2, 0.25) is 0 Å². The molecule has 1 unspecified atom stereocenters. The predicted molar refractivity (Wildman–Crippen MR) is 87.0 cm³/mol. The van der Waals surface area contributed by atoms with Crippen LogP contribution < -0.4 is 14.8 Å². The number of pyridine rings is 1. The number of rotatable bonds is 5. The van der Waals surface area contributed by atoms with E-state index in [1.54, 1.807) is 24.5 Å². The molecule has 0 bridgehead atoms. The first kappa shape index (κ1) is 15.3. The second-order valence-corrected chi connectivity index (χ2v) is 5.58. The van der Waals surface area contributed by atoms with Crippen molar-refractivity contribution in [1.29, 1.82) is 0 Å². The highest BCUT2D eigenvalue weighted by Crippen LogP contribution is 2.33. The molecule has 1 amide bonds. The number of carbonyl (C=O) groups excluding carboxylic acids is 1. The summed E-state index contributed by atoms with van der Waals surface area (Å²) in [5.74, 6) is 1.87. The van der Waals surface area contributed by atoms with Gasteiger partial charge in [-0.15, -0.1) is 0 Å². The Hall–Kier alpha value is -2.56. The Bertz CT molecular complexity index is 673. The monoisotopic (exact) mass is 312 g/mol. The molecule has 0 spiro atoms. The molecule has 5 nitrogen and oxygen atoms in total. The lowest BCUT2D eigenvalue weighted by atomic mass is 9.97. The number of fused-ring (bicyclic) bond motifs is 1. The summed E-state index contributed by atoms with van der Waals surface area (Å²) in [4.78, 5) is 15.9. The molecule has 1 aliphatic rings. The SMILES string of the molecule is CC(CCNC(=O)c1ccncc1)c1ccc2c(c1)OCCO2. The maximum absolute atomic E-state index is 12.0. The van der Waals surface area contributed by atoms with Crippen LogP contribution in [0.25, 0.3) is 0 Å². The van der Waals surface area contributed by atoms with Gasteiger partial charge in [-0.2, -0.15) is 0 Å². The molecule has 0 aliphatic carbocycles. The average Bonchev–Trinajstić information content (AvgIpc) is 2.61. The average molecular weight is 312 g/mol. The van der Waals surface area contributed by atoms with Crippen molar-refractivity contribution in [3.05, 3.63) is 53.9 Å². The van der Waals surface area contributed by atoms with Crippen LogP contribution in [0.4, 0.5) is 0 Å². The minimum absolute atomic E-state index is 0.0678. The molecule has 1 N–H and O–H groups in total. The number of amides is 1. The molecule has 0 fully saturated rings. The number of ether oxygens (including phenoxy) is 2. The highest BCUT2D eigenvalue weighted by Gasteiger charge is 2.14. The van der Waals surface area contributed by atoms with Gasteiger partial charge < -0.3 is 14.8 Å².